The number of allylic oxidation sites excluding steroid dienone is 1. The van der Waals surface area contributed by atoms with E-state index in [0.717, 1.165) is 0 Å². The average molecular weight is 318 g/mol. The Labute approximate surface area is 113 Å². The summed E-state index contributed by atoms with van der Waals surface area (Å²) in [4.78, 5) is 11.1. The summed E-state index contributed by atoms with van der Waals surface area (Å²) in [5, 5.41) is 0. The van der Waals surface area contributed by atoms with Gasteiger partial charge in [-0.1, -0.05) is 0 Å². The Kier molecular flexibility index (Phi) is 4.34. The molecule has 0 N–H and O–H groups in total. The maximum absolute atomic E-state index is 11.1. The third-order valence-electron chi connectivity index (χ3n) is 2.69. The standard InChI is InChI=1S/C11H8O.2ClH.Zr/c12-8-7-10-6-5-9-3-1-2-4-11(9)10;;;/h1-7,10H;2*1H;/q;;;+2/p-2. The molecule has 0 aromatic heterocycles. The van der Waals surface area contributed by atoms with Crippen molar-refractivity contribution in [2.24, 2.45) is 0 Å². The molecular weight excluding hydrogens is 310 g/mol. The summed E-state index contributed by atoms with van der Waals surface area (Å²) >= 11 is -0.608. The maximum atomic E-state index is 11.1. The molecule has 1 fully saturated rings. The SMILES string of the molecule is O=[C]1[Zr+2][CH]1C1C=Cc2ccccc21.[Cl-].[Cl-]. The van der Waals surface area contributed by atoms with Gasteiger partial charge in [0, 0.05) is 0 Å². The smallest absolute Gasteiger partial charge is 1.00 e. The van der Waals surface area contributed by atoms with Crippen LogP contribution in [0.15, 0.2) is 30.3 Å². The van der Waals surface area contributed by atoms with Gasteiger partial charge in [-0.2, -0.15) is 0 Å². The maximum Gasteiger partial charge on any atom is -1.00 e. The molecule has 1 aromatic rings. The molecule has 76 valence electrons. The van der Waals surface area contributed by atoms with Crippen molar-refractivity contribution in [3.63, 3.8) is 0 Å². The van der Waals surface area contributed by atoms with E-state index in [0.29, 0.717) is 13.0 Å². The van der Waals surface area contributed by atoms with Gasteiger partial charge in [0.2, 0.25) is 0 Å². The van der Waals surface area contributed by atoms with Crippen molar-refractivity contribution in [1.82, 2.24) is 0 Å². The first kappa shape index (κ1) is 13.2. The molecule has 0 spiro atoms. The van der Waals surface area contributed by atoms with Crippen molar-refractivity contribution in [1.29, 1.82) is 0 Å². The fraction of sp³-hybridized carbons (Fsp3) is 0.182. The van der Waals surface area contributed by atoms with E-state index < -0.39 is 23.2 Å². The molecule has 2 unspecified atom stereocenters. The van der Waals surface area contributed by atoms with E-state index in [-0.39, 0.29) is 24.8 Å². The van der Waals surface area contributed by atoms with Crippen LogP contribution in [-0.2, 0) is 28.0 Å². The molecule has 1 aliphatic heterocycles. The summed E-state index contributed by atoms with van der Waals surface area (Å²) in [6.45, 7) is 0. The first-order valence-electron chi connectivity index (χ1n) is 4.44. The van der Waals surface area contributed by atoms with Crippen LogP contribution in [-0.4, -0.2) is 3.49 Å². The Morgan fingerprint density at radius 3 is 2.47 bits per heavy atom. The summed E-state index contributed by atoms with van der Waals surface area (Å²) in [6, 6.07) is 8.41. The van der Waals surface area contributed by atoms with Crippen LogP contribution >= 0.6 is 0 Å². The van der Waals surface area contributed by atoms with E-state index in [4.69, 9.17) is 0 Å². The van der Waals surface area contributed by atoms with Gasteiger partial charge < -0.3 is 24.8 Å². The number of carbonyl (C=O) groups is 1. The number of fused-ring (bicyclic) bond motifs is 1. The van der Waals surface area contributed by atoms with Gasteiger partial charge in [0.05, 0.1) is 0 Å². The molecule has 1 aromatic carbocycles. The minimum absolute atomic E-state index is 0. The number of benzene rings is 1. The Morgan fingerprint density at radius 2 is 1.80 bits per heavy atom. The van der Waals surface area contributed by atoms with Gasteiger partial charge in [-0.15, -0.1) is 0 Å². The summed E-state index contributed by atoms with van der Waals surface area (Å²) in [5.74, 6) is 0.454. The molecule has 1 aliphatic carbocycles. The molecule has 4 heteroatoms. The molecular formula is C11H8Cl2OZr. The van der Waals surface area contributed by atoms with Crippen LogP contribution in [0.3, 0.4) is 0 Å². The molecule has 2 atom stereocenters. The molecule has 0 bridgehead atoms. The topological polar surface area (TPSA) is 17.1 Å². The monoisotopic (exact) mass is 316 g/mol. The third-order valence-corrected chi connectivity index (χ3v) is 5.69. The predicted molar refractivity (Wildman–Crippen MR) is 47.0 cm³/mol. The molecule has 3 rings (SSSR count). The number of hydrogen-bond acceptors (Lipinski definition) is 1. The molecule has 15 heavy (non-hydrogen) atoms. The van der Waals surface area contributed by atoms with Crippen LogP contribution in [0.1, 0.15) is 17.0 Å². The zero-order chi connectivity index (χ0) is 8.84. The zero-order valence-corrected chi connectivity index (χ0v) is 11.8. The van der Waals surface area contributed by atoms with E-state index in [1.165, 1.54) is 11.1 Å². The minimum Gasteiger partial charge on any atom is -1.00 e. The van der Waals surface area contributed by atoms with Gasteiger partial charge >= 0.3 is 88.6 Å². The second-order valence-electron chi connectivity index (χ2n) is 3.50. The van der Waals surface area contributed by atoms with Gasteiger partial charge in [0.15, 0.2) is 0 Å². The molecule has 0 saturated carbocycles. The van der Waals surface area contributed by atoms with E-state index >= 15 is 0 Å². The van der Waals surface area contributed by atoms with Gasteiger partial charge in [0.1, 0.15) is 0 Å². The second kappa shape index (κ2) is 4.95. The first-order valence-corrected chi connectivity index (χ1v) is 7.08. The van der Waals surface area contributed by atoms with Crippen LogP contribution in [0.2, 0.25) is 3.63 Å². The van der Waals surface area contributed by atoms with Gasteiger partial charge in [0.25, 0.3) is 0 Å². The first-order chi connectivity index (χ1) is 6.36. The van der Waals surface area contributed by atoms with Gasteiger partial charge in [-0.05, 0) is 0 Å². The quantitative estimate of drug-likeness (QED) is 0.519. The normalized spacial score (nSPS) is 24.1. The largest absolute Gasteiger partial charge is 1.00 e. The van der Waals surface area contributed by atoms with Crippen molar-refractivity contribution in [2.75, 3.05) is 0 Å². The molecule has 1 heterocycles. The number of halogens is 2. The van der Waals surface area contributed by atoms with Crippen LogP contribution in [0.4, 0.5) is 0 Å². The molecule has 0 amide bonds. The Morgan fingerprint density at radius 1 is 1.13 bits per heavy atom. The van der Waals surface area contributed by atoms with Crippen molar-refractivity contribution in [3.8, 4) is 0 Å². The summed E-state index contributed by atoms with van der Waals surface area (Å²) in [5.41, 5.74) is 2.69. The van der Waals surface area contributed by atoms with Crippen molar-refractivity contribution in [2.45, 2.75) is 9.54 Å². The fourth-order valence-corrected chi connectivity index (χ4v) is 4.08. The Balaban J connectivity index is 0.000000562. The van der Waals surface area contributed by atoms with Crippen LogP contribution in [0.5, 0.6) is 0 Å². The van der Waals surface area contributed by atoms with E-state index in [2.05, 4.69) is 36.4 Å². The van der Waals surface area contributed by atoms with Gasteiger partial charge in [-0.25, -0.2) is 0 Å². The molecule has 1 nitrogen and oxygen atoms in total. The Hall–Kier alpha value is 0.0931. The predicted octanol–water partition coefficient (Wildman–Crippen LogP) is -3.78. The number of rotatable bonds is 1. The zero-order valence-electron chi connectivity index (χ0n) is 7.78. The summed E-state index contributed by atoms with van der Waals surface area (Å²) < 4.78 is 1.05. The van der Waals surface area contributed by atoms with Crippen LogP contribution in [0, 0.1) is 0 Å². The Bertz CT molecular complexity index is 417. The summed E-state index contributed by atoms with van der Waals surface area (Å²) in [7, 11) is 0. The minimum atomic E-state index is -0.608. The van der Waals surface area contributed by atoms with Crippen molar-refractivity contribution >= 4 is 9.57 Å². The second-order valence-corrected chi connectivity index (χ2v) is 6.95. The van der Waals surface area contributed by atoms with E-state index in [9.17, 15) is 4.79 Å². The fourth-order valence-electron chi connectivity index (χ4n) is 1.93. The van der Waals surface area contributed by atoms with Gasteiger partial charge in [-0.3, -0.25) is 0 Å². The summed E-state index contributed by atoms with van der Waals surface area (Å²) in [6.07, 6.45) is 4.37. The molecule has 2 aliphatic rings. The van der Waals surface area contributed by atoms with E-state index in [1.54, 1.807) is 0 Å². The van der Waals surface area contributed by atoms with Crippen molar-refractivity contribution in [3.05, 3.63) is 41.5 Å². The van der Waals surface area contributed by atoms with E-state index in [1.807, 2.05) is 0 Å². The number of carbonyl (C=O) groups excluding carboxylic acids is 1. The third kappa shape index (κ3) is 2.28. The van der Waals surface area contributed by atoms with Crippen LogP contribution in [0.25, 0.3) is 6.08 Å². The van der Waals surface area contributed by atoms with Crippen LogP contribution < -0.4 is 24.8 Å². The number of hydrogen-bond donors (Lipinski definition) is 0. The molecule has 1 saturated heterocycles. The molecule has 0 radical (unpaired) electrons. The van der Waals surface area contributed by atoms with Crippen molar-refractivity contribution < 1.29 is 52.8 Å². The average Bonchev–Trinajstić information content (AvgIpc) is 2.74.